The van der Waals surface area contributed by atoms with Gasteiger partial charge in [-0.2, -0.15) is 0 Å². The van der Waals surface area contributed by atoms with Gasteiger partial charge < -0.3 is 14.4 Å². The lowest BCUT2D eigenvalue weighted by atomic mass is 10.2. The van der Waals surface area contributed by atoms with Crippen molar-refractivity contribution in [3.05, 3.63) is 24.0 Å². The van der Waals surface area contributed by atoms with E-state index in [4.69, 9.17) is 9.47 Å². The number of ether oxygens (including phenoxy) is 2. The minimum Gasteiger partial charge on any atom is -0.489 e. The Kier molecular flexibility index (Phi) is 7.50. The second-order valence-corrected chi connectivity index (χ2v) is 12.5. The number of carbonyl (C=O) groups excluding carboxylic acids is 1. The maximum atomic E-state index is 12.1. The first-order valence-corrected chi connectivity index (χ1v) is 12.1. The predicted molar refractivity (Wildman–Crippen MR) is 103 cm³/mol. The monoisotopic (exact) mass is 362 g/mol. The molecule has 1 aromatic heterocycles. The van der Waals surface area contributed by atoms with Gasteiger partial charge >= 0.3 is 6.09 Å². The van der Waals surface area contributed by atoms with Crippen molar-refractivity contribution >= 4 is 14.2 Å². The normalized spacial score (nSPS) is 11.3. The highest BCUT2D eigenvalue weighted by Crippen LogP contribution is 2.16. The van der Waals surface area contributed by atoms with Crippen molar-refractivity contribution in [1.29, 1.82) is 0 Å². The average molecular weight is 363 g/mol. The zero-order chi connectivity index (χ0) is 19.1. The first-order chi connectivity index (χ1) is 11.5. The SMILES string of the molecule is CCN(CCOc1cnccc1C#C[Si](C)(C)C)C(=O)OC(C)(C)C. The van der Waals surface area contributed by atoms with Crippen molar-refractivity contribution in [2.75, 3.05) is 19.7 Å². The molecule has 0 aliphatic carbocycles. The molecule has 0 atom stereocenters. The van der Waals surface area contributed by atoms with E-state index in [2.05, 4.69) is 36.1 Å². The fourth-order valence-electron chi connectivity index (χ4n) is 1.82. The Labute approximate surface area is 152 Å². The van der Waals surface area contributed by atoms with Gasteiger partial charge in [-0.05, 0) is 33.8 Å². The van der Waals surface area contributed by atoms with Gasteiger partial charge in [0, 0.05) is 12.7 Å². The van der Waals surface area contributed by atoms with Crippen molar-refractivity contribution < 1.29 is 14.3 Å². The van der Waals surface area contributed by atoms with Crippen LogP contribution in [0.2, 0.25) is 19.6 Å². The van der Waals surface area contributed by atoms with Gasteiger partial charge in [-0.1, -0.05) is 25.6 Å². The van der Waals surface area contributed by atoms with Crippen molar-refractivity contribution in [3.8, 4) is 17.2 Å². The minimum absolute atomic E-state index is 0.330. The molecule has 25 heavy (non-hydrogen) atoms. The van der Waals surface area contributed by atoms with Gasteiger partial charge in [0.15, 0.2) is 5.75 Å². The Hall–Kier alpha value is -2.00. The van der Waals surface area contributed by atoms with Crippen LogP contribution in [0, 0.1) is 11.5 Å². The first-order valence-electron chi connectivity index (χ1n) is 8.60. The molecule has 0 bridgehead atoms. The van der Waals surface area contributed by atoms with Gasteiger partial charge in [-0.25, -0.2) is 4.79 Å². The summed E-state index contributed by atoms with van der Waals surface area (Å²) in [6, 6.07) is 1.86. The number of carbonyl (C=O) groups is 1. The molecule has 138 valence electrons. The molecule has 0 unspecified atom stereocenters. The van der Waals surface area contributed by atoms with Gasteiger partial charge in [0.1, 0.15) is 20.3 Å². The molecule has 1 amide bonds. The number of rotatable bonds is 5. The van der Waals surface area contributed by atoms with Crippen LogP contribution in [0.5, 0.6) is 5.75 Å². The Morgan fingerprint density at radius 1 is 1.32 bits per heavy atom. The topological polar surface area (TPSA) is 51.7 Å². The molecule has 0 saturated heterocycles. The van der Waals surface area contributed by atoms with E-state index in [-0.39, 0.29) is 6.09 Å². The fraction of sp³-hybridized carbons (Fsp3) is 0.579. The molecule has 0 fully saturated rings. The standard InChI is InChI=1S/C19H30N2O3Si/c1-8-21(18(22)24-19(2,3)4)12-13-23-17-15-20-11-9-16(17)10-14-25(5,6)7/h9,11,15H,8,12-13H2,1-7H3. The maximum absolute atomic E-state index is 12.1. The van der Waals surface area contributed by atoms with Crippen LogP contribution in [-0.4, -0.2) is 49.3 Å². The zero-order valence-corrected chi connectivity index (χ0v) is 17.5. The van der Waals surface area contributed by atoms with E-state index in [0.29, 0.717) is 25.4 Å². The van der Waals surface area contributed by atoms with Crippen molar-refractivity contribution in [2.45, 2.75) is 52.9 Å². The Balaban J connectivity index is 2.69. The van der Waals surface area contributed by atoms with Crippen molar-refractivity contribution in [2.24, 2.45) is 0 Å². The van der Waals surface area contributed by atoms with Gasteiger partial charge in [0.2, 0.25) is 0 Å². The summed E-state index contributed by atoms with van der Waals surface area (Å²) in [5, 5.41) is 0. The van der Waals surface area contributed by atoms with Crippen LogP contribution in [0.25, 0.3) is 0 Å². The molecule has 0 N–H and O–H groups in total. The molecule has 0 radical (unpaired) electrons. The lowest BCUT2D eigenvalue weighted by molar-refractivity contribution is 0.0237. The minimum atomic E-state index is -1.46. The van der Waals surface area contributed by atoms with Crippen LogP contribution >= 0.6 is 0 Å². The smallest absolute Gasteiger partial charge is 0.410 e. The third-order valence-corrected chi connectivity index (χ3v) is 3.88. The highest BCUT2D eigenvalue weighted by molar-refractivity contribution is 6.83. The van der Waals surface area contributed by atoms with Gasteiger partial charge in [-0.15, -0.1) is 5.54 Å². The number of likely N-dealkylation sites (N-methyl/N-ethyl adjacent to an activating group) is 1. The predicted octanol–water partition coefficient (Wildman–Crippen LogP) is 3.95. The number of aromatic nitrogens is 1. The highest BCUT2D eigenvalue weighted by Gasteiger charge is 2.21. The highest BCUT2D eigenvalue weighted by atomic mass is 28.3. The molecule has 1 heterocycles. The Morgan fingerprint density at radius 3 is 2.56 bits per heavy atom. The van der Waals surface area contributed by atoms with Crippen molar-refractivity contribution in [1.82, 2.24) is 9.88 Å². The third kappa shape index (κ3) is 8.59. The van der Waals surface area contributed by atoms with E-state index in [1.54, 1.807) is 17.3 Å². The summed E-state index contributed by atoms with van der Waals surface area (Å²) >= 11 is 0. The van der Waals surface area contributed by atoms with Gasteiger partial charge in [0.25, 0.3) is 0 Å². The summed E-state index contributed by atoms with van der Waals surface area (Å²) in [4.78, 5) is 17.9. The molecule has 6 heteroatoms. The molecule has 0 aliphatic heterocycles. The summed E-state index contributed by atoms with van der Waals surface area (Å²) in [6.45, 7) is 15.4. The summed E-state index contributed by atoms with van der Waals surface area (Å²) in [5.41, 5.74) is 3.66. The molecular weight excluding hydrogens is 332 g/mol. The average Bonchev–Trinajstić information content (AvgIpc) is 2.48. The van der Waals surface area contributed by atoms with Gasteiger partial charge in [0.05, 0.1) is 18.3 Å². The first kappa shape index (κ1) is 21.0. The second-order valence-electron chi connectivity index (χ2n) is 7.78. The molecule has 0 aromatic carbocycles. The van der Waals surface area contributed by atoms with Crippen LogP contribution in [0.15, 0.2) is 18.5 Å². The van der Waals surface area contributed by atoms with Crippen molar-refractivity contribution in [3.63, 3.8) is 0 Å². The maximum Gasteiger partial charge on any atom is 0.410 e. The van der Waals surface area contributed by atoms with E-state index in [1.165, 1.54) is 0 Å². The molecule has 0 aliphatic rings. The summed E-state index contributed by atoms with van der Waals surface area (Å²) in [6.07, 6.45) is 3.04. The quantitative estimate of drug-likeness (QED) is 0.588. The summed E-state index contributed by atoms with van der Waals surface area (Å²) in [7, 11) is -1.46. The molecule has 5 nitrogen and oxygen atoms in total. The van der Waals surface area contributed by atoms with E-state index in [0.717, 1.165) is 5.56 Å². The molecule has 0 spiro atoms. The van der Waals surface area contributed by atoms with Crippen LogP contribution in [-0.2, 0) is 4.74 Å². The molecule has 1 rings (SSSR count). The lowest BCUT2D eigenvalue weighted by Crippen LogP contribution is -2.39. The van der Waals surface area contributed by atoms with E-state index < -0.39 is 13.7 Å². The third-order valence-electron chi connectivity index (χ3n) is 3.01. The zero-order valence-electron chi connectivity index (χ0n) is 16.5. The van der Waals surface area contributed by atoms with E-state index in [1.807, 2.05) is 33.8 Å². The van der Waals surface area contributed by atoms with E-state index >= 15 is 0 Å². The van der Waals surface area contributed by atoms with E-state index in [9.17, 15) is 4.79 Å². The number of pyridine rings is 1. The van der Waals surface area contributed by atoms with Crippen LogP contribution in [0.1, 0.15) is 33.3 Å². The molecule has 0 saturated carbocycles. The van der Waals surface area contributed by atoms with Crippen LogP contribution in [0.3, 0.4) is 0 Å². The number of amides is 1. The van der Waals surface area contributed by atoms with Gasteiger partial charge in [-0.3, -0.25) is 4.98 Å². The fourth-order valence-corrected chi connectivity index (χ4v) is 2.33. The van der Waals surface area contributed by atoms with Crippen LogP contribution in [0.4, 0.5) is 4.79 Å². The molecular formula is C19H30N2O3Si. The summed E-state index contributed by atoms with van der Waals surface area (Å²) < 4.78 is 11.2. The largest absolute Gasteiger partial charge is 0.489 e. The number of hydrogen-bond donors (Lipinski definition) is 0. The summed E-state index contributed by atoms with van der Waals surface area (Å²) in [5.74, 6) is 3.85. The molecule has 1 aromatic rings. The Morgan fingerprint density at radius 2 is 2.00 bits per heavy atom. The Bertz CT molecular complexity index is 637. The lowest BCUT2D eigenvalue weighted by Gasteiger charge is -2.26. The van der Waals surface area contributed by atoms with Crippen LogP contribution < -0.4 is 4.74 Å². The number of hydrogen-bond acceptors (Lipinski definition) is 4. The number of nitrogens with zero attached hydrogens (tertiary/aromatic N) is 2. The second kappa shape index (κ2) is 8.91.